The highest BCUT2D eigenvalue weighted by Crippen LogP contribution is 2.36. The van der Waals surface area contributed by atoms with Crippen LogP contribution in [0, 0.1) is 12.8 Å². The highest BCUT2D eigenvalue weighted by atomic mass is 19.3. The fourth-order valence-electron chi connectivity index (χ4n) is 2.91. The molecule has 2 heterocycles. The summed E-state index contributed by atoms with van der Waals surface area (Å²) >= 11 is 0. The molecular formula is C17H20F2N4O2. The third kappa shape index (κ3) is 4.18. The number of hydrogen-bond donors (Lipinski definition) is 1. The molecule has 1 saturated carbocycles. The van der Waals surface area contributed by atoms with Crippen LogP contribution in [0.25, 0.3) is 11.4 Å². The first-order valence-corrected chi connectivity index (χ1v) is 8.29. The van der Waals surface area contributed by atoms with E-state index in [4.69, 9.17) is 4.52 Å². The summed E-state index contributed by atoms with van der Waals surface area (Å²) in [6.45, 7) is 3.59. The van der Waals surface area contributed by atoms with E-state index in [1.165, 1.54) is 0 Å². The Morgan fingerprint density at radius 3 is 2.80 bits per heavy atom. The van der Waals surface area contributed by atoms with Gasteiger partial charge in [0.15, 0.2) is 0 Å². The summed E-state index contributed by atoms with van der Waals surface area (Å²) < 4.78 is 31.6. The van der Waals surface area contributed by atoms with Crippen molar-refractivity contribution in [2.75, 3.05) is 0 Å². The van der Waals surface area contributed by atoms with E-state index in [1.807, 2.05) is 13.0 Å². The van der Waals surface area contributed by atoms with E-state index < -0.39 is 17.9 Å². The van der Waals surface area contributed by atoms with Crippen LogP contribution in [0.2, 0.25) is 0 Å². The van der Waals surface area contributed by atoms with Gasteiger partial charge in [-0.15, -0.1) is 0 Å². The van der Waals surface area contributed by atoms with E-state index in [0.29, 0.717) is 5.82 Å². The maximum atomic E-state index is 13.2. The number of nitrogens with one attached hydrogen (secondary N) is 1. The first-order valence-electron chi connectivity index (χ1n) is 8.29. The smallest absolute Gasteiger partial charge is 0.249 e. The number of alkyl halides is 2. The van der Waals surface area contributed by atoms with Crippen LogP contribution in [0.4, 0.5) is 8.78 Å². The summed E-state index contributed by atoms with van der Waals surface area (Å²) in [4.78, 5) is 20.7. The molecule has 2 aromatic rings. The van der Waals surface area contributed by atoms with Crippen molar-refractivity contribution in [1.82, 2.24) is 20.4 Å². The van der Waals surface area contributed by atoms with Crippen LogP contribution in [0.5, 0.6) is 0 Å². The van der Waals surface area contributed by atoms with Gasteiger partial charge < -0.3 is 9.84 Å². The molecule has 2 aromatic heterocycles. The summed E-state index contributed by atoms with van der Waals surface area (Å²) in [5, 5.41) is 6.70. The van der Waals surface area contributed by atoms with Gasteiger partial charge in [0.05, 0.1) is 0 Å². The molecule has 134 valence electrons. The zero-order valence-electron chi connectivity index (χ0n) is 14.1. The molecule has 8 heteroatoms. The van der Waals surface area contributed by atoms with Crippen molar-refractivity contribution < 1.29 is 18.1 Å². The fourth-order valence-corrected chi connectivity index (χ4v) is 2.91. The van der Waals surface area contributed by atoms with E-state index in [9.17, 15) is 13.6 Å². The van der Waals surface area contributed by atoms with Gasteiger partial charge in [0.2, 0.25) is 23.5 Å². The zero-order chi connectivity index (χ0) is 18.0. The van der Waals surface area contributed by atoms with Gasteiger partial charge in [-0.3, -0.25) is 9.78 Å². The van der Waals surface area contributed by atoms with Crippen LogP contribution in [0.3, 0.4) is 0 Å². The monoisotopic (exact) mass is 350 g/mol. The third-order valence-electron chi connectivity index (χ3n) is 4.41. The van der Waals surface area contributed by atoms with Crippen molar-refractivity contribution in [3.8, 4) is 11.4 Å². The van der Waals surface area contributed by atoms with Crippen molar-refractivity contribution in [3.63, 3.8) is 0 Å². The van der Waals surface area contributed by atoms with E-state index >= 15 is 0 Å². The summed E-state index contributed by atoms with van der Waals surface area (Å²) in [5.41, 5.74) is 1.61. The number of carbonyl (C=O) groups is 1. The Balaban J connectivity index is 1.62. The molecule has 0 spiro atoms. The molecule has 1 N–H and O–H groups in total. The predicted molar refractivity (Wildman–Crippen MR) is 85.7 cm³/mol. The Bertz CT molecular complexity index is 753. The average molecular weight is 350 g/mol. The van der Waals surface area contributed by atoms with Gasteiger partial charge in [0.1, 0.15) is 6.04 Å². The summed E-state index contributed by atoms with van der Waals surface area (Å²) in [7, 11) is 0. The van der Waals surface area contributed by atoms with E-state index in [1.54, 1.807) is 19.2 Å². The van der Waals surface area contributed by atoms with Crippen molar-refractivity contribution in [2.45, 2.75) is 51.5 Å². The van der Waals surface area contributed by atoms with Crippen molar-refractivity contribution in [2.24, 2.45) is 5.92 Å². The number of halogens is 2. The van der Waals surface area contributed by atoms with Crippen molar-refractivity contribution in [3.05, 3.63) is 29.9 Å². The molecule has 0 aliphatic heterocycles. The fraction of sp³-hybridized carbons (Fsp3) is 0.529. The van der Waals surface area contributed by atoms with Crippen LogP contribution < -0.4 is 5.32 Å². The second-order valence-electron chi connectivity index (χ2n) is 6.50. The number of pyridine rings is 1. The molecular weight excluding hydrogens is 330 g/mol. The minimum atomic E-state index is -2.65. The molecule has 3 rings (SSSR count). The molecule has 1 aliphatic carbocycles. The van der Waals surface area contributed by atoms with Gasteiger partial charge in [0.25, 0.3) is 0 Å². The number of carbonyl (C=O) groups excluding carboxylic acids is 1. The predicted octanol–water partition coefficient (Wildman–Crippen LogP) is 3.44. The molecule has 1 amide bonds. The molecule has 0 bridgehead atoms. The molecule has 0 aromatic carbocycles. The van der Waals surface area contributed by atoms with Crippen LogP contribution in [0.15, 0.2) is 22.9 Å². The Labute approximate surface area is 144 Å². The molecule has 1 fully saturated rings. The maximum Gasteiger partial charge on any atom is 0.249 e. The number of aryl methyl sites for hydroxylation is 1. The van der Waals surface area contributed by atoms with Crippen LogP contribution in [-0.4, -0.2) is 27.0 Å². The summed E-state index contributed by atoms with van der Waals surface area (Å²) in [6.07, 6.45) is 1.55. The Kier molecular flexibility index (Phi) is 4.78. The maximum absolute atomic E-state index is 13.2. The largest absolute Gasteiger partial charge is 0.344 e. The topological polar surface area (TPSA) is 80.9 Å². The quantitative estimate of drug-likeness (QED) is 0.913. The molecule has 6 nitrogen and oxygen atoms in total. The molecule has 0 unspecified atom stereocenters. The van der Waals surface area contributed by atoms with Crippen molar-refractivity contribution in [1.29, 1.82) is 0 Å². The lowest BCUT2D eigenvalue weighted by molar-refractivity contribution is -0.130. The molecule has 1 aliphatic rings. The number of nitrogens with zero attached hydrogens (tertiary/aromatic N) is 3. The lowest BCUT2D eigenvalue weighted by Crippen LogP contribution is -2.37. The Morgan fingerprint density at radius 1 is 1.40 bits per heavy atom. The second-order valence-corrected chi connectivity index (χ2v) is 6.50. The number of aromatic nitrogens is 3. The van der Waals surface area contributed by atoms with Crippen LogP contribution >= 0.6 is 0 Å². The van der Waals surface area contributed by atoms with Gasteiger partial charge >= 0.3 is 0 Å². The second kappa shape index (κ2) is 6.85. The minimum absolute atomic E-state index is 0.191. The normalized spacial score (nSPS) is 18.7. The molecule has 1 atom stereocenters. The van der Waals surface area contributed by atoms with Crippen LogP contribution in [0.1, 0.15) is 50.2 Å². The first kappa shape index (κ1) is 17.4. The van der Waals surface area contributed by atoms with E-state index in [-0.39, 0.29) is 37.5 Å². The number of hydrogen-bond acceptors (Lipinski definition) is 5. The molecule has 25 heavy (non-hydrogen) atoms. The SMILES string of the molecule is Cc1cc(-c2noc([C@H](C)NC(=O)C3CCC(F)(F)CC3)n2)ccn1. The number of rotatable bonds is 4. The number of amides is 1. The van der Waals surface area contributed by atoms with Gasteiger partial charge in [-0.05, 0) is 38.8 Å². The summed E-state index contributed by atoms with van der Waals surface area (Å²) in [5.74, 6) is -2.60. The average Bonchev–Trinajstić information content (AvgIpc) is 3.05. The highest BCUT2D eigenvalue weighted by molar-refractivity contribution is 5.79. The summed E-state index contributed by atoms with van der Waals surface area (Å²) in [6, 6.07) is 3.12. The van der Waals surface area contributed by atoms with Gasteiger partial charge in [-0.2, -0.15) is 4.98 Å². The van der Waals surface area contributed by atoms with Crippen molar-refractivity contribution >= 4 is 5.91 Å². The Hall–Kier alpha value is -2.38. The van der Waals surface area contributed by atoms with Gasteiger partial charge in [-0.25, -0.2) is 8.78 Å². The lowest BCUT2D eigenvalue weighted by atomic mass is 9.86. The zero-order valence-corrected chi connectivity index (χ0v) is 14.1. The standard InChI is InChI=1S/C17H20F2N4O2/c1-10-9-13(5-8-20-10)14-22-16(25-23-14)11(2)21-15(24)12-3-6-17(18,19)7-4-12/h5,8-9,11-12H,3-4,6-7H2,1-2H3,(H,21,24)/t11-/m0/s1. The Morgan fingerprint density at radius 2 is 2.12 bits per heavy atom. The third-order valence-corrected chi connectivity index (χ3v) is 4.41. The van der Waals surface area contributed by atoms with E-state index in [0.717, 1.165) is 11.3 Å². The first-order chi connectivity index (χ1) is 11.8. The molecule has 0 radical (unpaired) electrons. The van der Waals surface area contributed by atoms with E-state index in [2.05, 4.69) is 20.4 Å². The molecule has 0 saturated heterocycles. The lowest BCUT2D eigenvalue weighted by Gasteiger charge is -2.27. The highest BCUT2D eigenvalue weighted by Gasteiger charge is 2.37. The van der Waals surface area contributed by atoms with Gasteiger partial charge in [-0.1, -0.05) is 5.16 Å². The minimum Gasteiger partial charge on any atom is -0.344 e. The van der Waals surface area contributed by atoms with Crippen LogP contribution in [-0.2, 0) is 4.79 Å². The van der Waals surface area contributed by atoms with Gasteiger partial charge in [0, 0.05) is 36.2 Å².